The SMILES string of the molecule is Cc1cc(NC(=O)/C=C/c2ccc(-c3ccccc3)o2)ccc1NC(=O)c1ccco1. The quantitative estimate of drug-likeness (QED) is 0.395. The van der Waals surface area contributed by atoms with E-state index in [2.05, 4.69) is 10.6 Å². The minimum atomic E-state index is -0.332. The highest BCUT2D eigenvalue weighted by molar-refractivity contribution is 6.04. The molecule has 2 heterocycles. The van der Waals surface area contributed by atoms with Crippen LogP contribution in [0.1, 0.15) is 21.9 Å². The van der Waals surface area contributed by atoms with Crippen molar-refractivity contribution in [2.45, 2.75) is 6.92 Å². The second-order valence-corrected chi connectivity index (χ2v) is 6.85. The van der Waals surface area contributed by atoms with E-state index in [1.807, 2.05) is 49.4 Å². The van der Waals surface area contributed by atoms with Gasteiger partial charge in [-0.05, 0) is 61.0 Å². The van der Waals surface area contributed by atoms with E-state index in [0.29, 0.717) is 17.1 Å². The van der Waals surface area contributed by atoms with Gasteiger partial charge in [0.05, 0.1) is 6.26 Å². The van der Waals surface area contributed by atoms with E-state index in [1.54, 1.807) is 36.4 Å². The molecule has 2 amide bonds. The normalized spacial score (nSPS) is 10.9. The van der Waals surface area contributed by atoms with E-state index in [0.717, 1.165) is 16.9 Å². The topological polar surface area (TPSA) is 84.5 Å². The van der Waals surface area contributed by atoms with Gasteiger partial charge in [0.1, 0.15) is 11.5 Å². The maximum Gasteiger partial charge on any atom is 0.291 e. The average Bonchev–Trinajstić information content (AvgIpc) is 3.47. The van der Waals surface area contributed by atoms with Crippen LogP contribution in [0.5, 0.6) is 0 Å². The van der Waals surface area contributed by atoms with Gasteiger partial charge in [0.2, 0.25) is 5.91 Å². The summed E-state index contributed by atoms with van der Waals surface area (Å²) in [5.74, 6) is 0.936. The van der Waals surface area contributed by atoms with Crippen molar-refractivity contribution in [1.29, 1.82) is 0 Å². The molecule has 0 aliphatic carbocycles. The molecule has 4 aromatic rings. The molecule has 0 aliphatic heterocycles. The van der Waals surface area contributed by atoms with Crippen LogP contribution in [-0.4, -0.2) is 11.8 Å². The van der Waals surface area contributed by atoms with Crippen molar-refractivity contribution in [3.8, 4) is 11.3 Å². The van der Waals surface area contributed by atoms with E-state index >= 15 is 0 Å². The number of amides is 2. The highest BCUT2D eigenvalue weighted by Gasteiger charge is 2.11. The molecule has 6 nitrogen and oxygen atoms in total. The number of hydrogen-bond acceptors (Lipinski definition) is 4. The molecule has 31 heavy (non-hydrogen) atoms. The zero-order valence-corrected chi connectivity index (χ0v) is 16.8. The molecule has 0 fully saturated rings. The number of hydrogen-bond donors (Lipinski definition) is 2. The summed E-state index contributed by atoms with van der Waals surface area (Å²) in [7, 11) is 0. The van der Waals surface area contributed by atoms with Crippen LogP contribution in [0, 0.1) is 6.92 Å². The second kappa shape index (κ2) is 9.00. The zero-order valence-electron chi connectivity index (χ0n) is 16.8. The first-order valence-corrected chi connectivity index (χ1v) is 9.68. The predicted molar refractivity (Wildman–Crippen MR) is 120 cm³/mol. The van der Waals surface area contributed by atoms with Gasteiger partial charge >= 0.3 is 0 Å². The Kier molecular flexibility index (Phi) is 5.80. The Hall–Kier alpha value is -4.32. The van der Waals surface area contributed by atoms with Crippen LogP contribution < -0.4 is 10.6 Å². The summed E-state index contributed by atoms with van der Waals surface area (Å²) in [6.45, 7) is 1.84. The molecule has 0 unspecified atom stereocenters. The molecule has 2 aromatic heterocycles. The molecule has 0 atom stereocenters. The monoisotopic (exact) mass is 412 g/mol. The number of carbonyl (C=O) groups excluding carboxylic acids is 2. The molecule has 154 valence electrons. The van der Waals surface area contributed by atoms with Gasteiger partial charge in [0.25, 0.3) is 5.91 Å². The van der Waals surface area contributed by atoms with Crippen LogP contribution >= 0.6 is 0 Å². The Morgan fingerprint density at radius 3 is 2.48 bits per heavy atom. The molecule has 0 radical (unpaired) electrons. The van der Waals surface area contributed by atoms with Gasteiger partial charge in [-0.3, -0.25) is 9.59 Å². The number of furan rings is 2. The molecule has 0 spiro atoms. The molecule has 6 heteroatoms. The first-order chi connectivity index (χ1) is 15.1. The maximum atomic E-state index is 12.3. The molecule has 2 aromatic carbocycles. The fourth-order valence-electron chi connectivity index (χ4n) is 3.02. The summed E-state index contributed by atoms with van der Waals surface area (Å²) in [6, 6.07) is 21.9. The summed E-state index contributed by atoms with van der Waals surface area (Å²) < 4.78 is 10.8. The van der Waals surface area contributed by atoms with E-state index in [4.69, 9.17) is 8.83 Å². The lowest BCUT2D eigenvalue weighted by Gasteiger charge is -2.09. The molecule has 0 saturated heterocycles. The highest BCUT2D eigenvalue weighted by Crippen LogP contribution is 2.23. The first kappa shape index (κ1) is 20.0. The third-order valence-electron chi connectivity index (χ3n) is 4.57. The average molecular weight is 412 g/mol. The molecule has 2 N–H and O–H groups in total. The van der Waals surface area contributed by atoms with Crippen molar-refractivity contribution in [2.75, 3.05) is 10.6 Å². The minimum Gasteiger partial charge on any atom is -0.459 e. The molecule has 0 bridgehead atoms. The van der Waals surface area contributed by atoms with Gasteiger partial charge in [-0.15, -0.1) is 0 Å². The third kappa shape index (κ3) is 5.00. The van der Waals surface area contributed by atoms with Gasteiger partial charge in [-0.25, -0.2) is 0 Å². The lowest BCUT2D eigenvalue weighted by atomic mass is 10.1. The Bertz CT molecular complexity index is 1220. The fraction of sp³-hybridized carbons (Fsp3) is 0.0400. The van der Waals surface area contributed by atoms with E-state index in [1.165, 1.54) is 12.3 Å². The Labute approximate surface area is 179 Å². The number of benzene rings is 2. The van der Waals surface area contributed by atoms with Gasteiger partial charge in [0, 0.05) is 23.0 Å². The summed E-state index contributed by atoms with van der Waals surface area (Å²) in [5, 5.41) is 5.58. The summed E-state index contributed by atoms with van der Waals surface area (Å²) in [4.78, 5) is 24.4. The van der Waals surface area contributed by atoms with Crippen LogP contribution in [0.15, 0.2) is 94.0 Å². The maximum absolute atomic E-state index is 12.3. The fourth-order valence-corrected chi connectivity index (χ4v) is 3.02. The second-order valence-electron chi connectivity index (χ2n) is 6.85. The van der Waals surface area contributed by atoms with Crippen molar-refractivity contribution >= 4 is 29.3 Å². The van der Waals surface area contributed by atoms with E-state index in [9.17, 15) is 9.59 Å². The summed E-state index contributed by atoms with van der Waals surface area (Å²) in [6.07, 6.45) is 4.47. The van der Waals surface area contributed by atoms with Crippen LogP contribution in [-0.2, 0) is 4.79 Å². The lowest BCUT2D eigenvalue weighted by Crippen LogP contribution is -2.12. The number of nitrogens with one attached hydrogen (secondary N) is 2. The molecule has 0 aliphatic rings. The number of anilines is 2. The molecular weight excluding hydrogens is 392 g/mol. The van der Waals surface area contributed by atoms with Gasteiger partial charge < -0.3 is 19.5 Å². The smallest absolute Gasteiger partial charge is 0.291 e. The van der Waals surface area contributed by atoms with Gasteiger partial charge in [-0.1, -0.05) is 30.3 Å². The Morgan fingerprint density at radius 1 is 0.903 bits per heavy atom. The Balaban J connectivity index is 1.37. The lowest BCUT2D eigenvalue weighted by molar-refractivity contribution is -0.111. The largest absolute Gasteiger partial charge is 0.459 e. The zero-order chi connectivity index (χ0) is 21.6. The van der Waals surface area contributed by atoms with Crippen LogP contribution in [0.25, 0.3) is 17.4 Å². The van der Waals surface area contributed by atoms with Crippen LogP contribution in [0.2, 0.25) is 0 Å². The highest BCUT2D eigenvalue weighted by atomic mass is 16.3. The Morgan fingerprint density at radius 2 is 1.74 bits per heavy atom. The van der Waals surface area contributed by atoms with Gasteiger partial charge in [-0.2, -0.15) is 0 Å². The summed E-state index contributed by atoms with van der Waals surface area (Å²) >= 11 is 0. The van der Waals surface area contributed by atoms with Crippen molar-refractivity contribution in [1.82, 2.24) is 0 Å². The molecule has 4 rings (SSSR count). The molecule has 0 saturated carbocycles. The van der Waals surface area contributed by atoms with E-state index in [-0.39, 0.29) is 17.6 Å². The standard InChI is InChI=1S/C25H20N2O4/c1-17-16-19(9-12-21(17)27-25(29)23-8-5-15-30-23)26-24(28)14-11-20-10-13-22(31-20)18-6-3-2-4-7-18/h2-16H,1H3,(H,26,28)(H,27,29)/b14-11+. The van der Waals surface area contributed by atoms with Crippen molar-refractivity contribution in [2.24, 2.45) is 0 Å². The van der Waals surface area contributed by atoms with Crippen LogP contribution in [0.3, 0.4) is 0 Å². The first-order valence-electron chi connectivity index (χ1n) is 9.68. The number of carbonyl (C=O) groups is 2. The van der Waals surface area contributed by atoms with Crippen molar-refractivity contribution in [3.63, 3.8) is 0 Å². The minimum absolute atomic E-state index is 0.232. The predicted octanol–water partition coefficient (Wildman–Crippen LogP) is 5.75. The molecular formula is C25H20N2O4. The summed E-state index contributed by atoms with van der Waals surface area (Å²) in [5.41, 5.74) is 3.04. The number of rotatable bonds is 6. The van der Waals surface area contributed by atoms with E-state index < -0.39 is 0 Å². The number of aryl methyl sites for hydroxylation is 1. The third-order valence-corrected chi connectivity index (χ3v) is 4.57. The van der Waals surface area contributed by atoms with Crippen molar-refractivity contribution in [3.05, 3.63) is 102 Å². The van der Waals surface area contributed by atoms with Crippen LogP contribution in [0.4, 0.5) is 11.4 Å². The van der Waals surface area contributed by atoms with Gasteiger partial charge in [0.15, 0.2) is 5.76 Å². The van der Waals surface area contributed by atoms with Crippen molar-refractivity contribution < 1.29 is 18.4 Å².